The first-order valence-corrected chi connectivity index (χ1v) is 23.5. The van der Waals surface area contributed by atoms with E-state index in [0.29, 0.717) is 85.0 Å². The molecule has 19 heteroatoms. The number of piperazine rings is 1. The number of carbonyl (C=O) groups is 2. The standard InChI is InChI=1S/C49H57ClF3N9O6/c1-29(35-22-36(49(51,52)53)25-37(54)23-35)55-45-39-26-38(43(67-3)27-41(39)56-30(2)57-45)32-4-6-33(7-5-32)46(64)61-18-16-59(17-19-61)20-21-68-28-31-10-13-60(14-11-31)47(65)34-8-9-40(50)42(24-34)62-15-12-44(63)58-48(62)66/h8-9,12,15,22-27,29,31-33H,4-7,10-11,13-14,16-21,28,54H2,1-3H3,(H,55,56,57)(H,58,63,66)/t29-,32?,33?/m1/s1. The third-order valence-electron chi connectivity index (χ3n) is 13.6. The van der Waals surface area contributed by atoms with E-state index in [1.54, 1.807) is 44.1 Å². The number of amides is 2. The maximum absolute atomic E-state index is 13.8. The van der Waals surface area contributed by atoms with Crippen molar-refractivity contribution in [2.75, 3.05) is 77.2 Å². The number of carbonyl (C=O) groups excluding carboxylic acids is 2. The molecule has 68 heavy (non-hydrogen) atoms. The van der Waals surface area contributed by atoms with Crippen molar-refractivity contribution in [2.24, 2.45) is 11.8 Å². The Kier molecular flexibility index (Phi) is 14.8. The lowest BCUT2D eigenvalue weighted by molar-refractivity contribution is -0.139. The number of anilines is 2. The van der Waals surface area contributed by atoms with Crippen molar-refractivity contribution in [3.05, 3.63) is 115 Å². The number of nitrogens with zero attached hydrogens (tertiary/aromatic N) is 6. The molecule has 8 rings (SSSR count). The van der Waals surface area contributed by atoms with E-state index < -0.39 is 29.0 Å². The SMILES string of the molecule is COc1cc2nc(C)nc(N[C@H](C)c3cc(N)cc(C(F)(F)F)c3)c2cc1C1CCC(C(=O)N2CCN(CCOCC3CCN(C(=O)c4ccc(Cl)c(-n5ccc(=O)[nH]c5=O)c4)CC3)CC2)CC1. The Morgan fingerprint density at radius 3 is 2.35 bits per heavy atom. The number of aryl methyl sites for hydroxylation is 1. The normalized spacial score (nSPS) is 19.0. The fraction of sp³-hybridized carbons (Fsp3) is 0.469. The first-order chi connectivity index (χ1) is 32.5. The Morgan fingerprint density at radius 1 is 0.926 bits per heavy atom. The number of rotatable bonds is 13. The highest BCUT2D eigenvalue weighted by Gasteiger charge is 2.34. The molecule has 4 N–H and O–H groups in total. The summed E-state index contributed by atoms with van der Waals surface area (Å²) in [5, 5.41) is 4.33. The van der Waals surface area contributed by atoms with Gasteiger partial charge in [-0.2, -0.15) is 13.2 Å². The van der Waals surface area contributed by atoms with Gasteiger partial charge in [-0.15, -0.1) is 0 Å². The van der Waals surface area contributed by atoms with Crippen LogP contribution in [0.3, 0.4) is 0 Å². The molecule has 2 saturated heterocycles. The van der Waals surface area contributed by atoms with Gasteiger partial charge in [0.15, 0.2) is 0 Å². The minimum absolute atomic E-state index is 0.0250. The first kappa shape index (κ1) is 48.5. The molecule has 2 aliphatic heterocycles. The smallest absolute Gasteiger partial charge is 0.416 e. The van der Waals surface area contributed by atoms with Crippen LogP contribution in [0.4, 0.5) is 24.7 Å². The Labute approximate surface area is 396 Å². The van der Waals surface area contributed by atoms with Crippen LogP contribution in [0, 0.1) is 18.8 Å². The maximum Gasteiger partial charge on any atom is 0.416 e. The number of benzene rings is 3. The van der Waals surface area contributed by atoms with Crippen LogP contribution in [0.25, 0.3) is 16.6 Å². The number of halogens is 4. The predicted molar refractivity (Wildman–Crippen MR) is 254 cm³/mol. The molecule has 3 fully saturated rings. The number of piperidine rings is 1. The van der Waals surface area contributed by atoms with Gasteiger partial charge in [0.2, 0.25) is 5.91 Å². The van der Waals surface area contributed by atoms with Gasteiger partial charge in [0.1, 0.15) is 17.4 Å². The summed E-state index contributed by atoms with van der Waals surface area (Å²) < 4.78 is 54.0. The van der Waals surface area contributed by atoms with E-state index in [1.807, 2.05) is 17.0 Å². The lowest BCUT2D eigenvalue weighted by Crippen LogP contribution is -2.51. The Bertz CT molecular complexity index is 2760. The maximum atomic E-state index is 13.8. The van der Waals surface area contributed by atoms with Crippen molar-refractivity contribution in [1.82, 2.24) is 34.2 Å². The highest BCUT2D eigenvalue weighted by atomic mass is 35.5. The number of hydrogen-bond donors (Lipinski definition) is 3. The number of nitrogen functional groups attached to an aromatic ring is 1. The van der Waals surface area contributed by atoms with Gasteiger partial charge in [0, 0.05) is 93.3 Å². The summed E-state index contributed by atoms with van der Waals surface area (Å²) in [6, 6.07) is 12.9. The predicted octanol–water partition coefficient (Wildman–Crippen LogP) is 7.20. The molecule has 0 spiro atoms. The van der Waals surface area contributed by atoms with Crippen LogP contribution in [0.2, 0.25) is 5.02 Å². The zero-order chi connectivity index (χ0) is 48.3. The number of nitrogens with one attached hydrogen (secondary N) is 2. The van der Waals surface area contributed by atoms with E-state index in [0.717, 1.165) is 81.2 Å². The third kappa shape index (κ3) is 11.1. The van der Waals surface area contributed by atoms with Gasteiger partial charge in [-0.05, 0) is 118 Å². The lowest BCUT2D eigenvalue weighted by Gasteiger charge is -2.38. The molecule has 4 heterocycles. The Morgan fingerprint density at radius 2 is 1.66 bits per heavy atom. The van der Waals surface area contributed by atoms with E-state index in [-0.39, 0.29) is 34.4 Å². The van der Waals surface area contributed by atoms with Gasteiger partial charge in [-0.1, -0.05) is 11.6 Å². The van der Waals surface area contributed by atoms with Crippen LogP contribution >= 0.6 is 11.6 Å². The molecule has 1 atom stereocenters. The molecule has 0 unspecified atom stereocenters. The van der Waals surface area contributed by atoms with Gasteiger partial charge >= 0.3 is 11.9 Å². The molecule has 3 aromatic carbocycles. The molecule has 2 aromatic heterocycles. The van der Waals surface area contributed by atoms with Gasteiger partial charge in [0.05, 0.1) is 41.5 Å². The number of ether oxygens (including phenoxy) is 2. The molecule has 0 bridgehead atoms. The summed E-state index contributed by atoms with van der Waals surface area (Å²) in [4.78, 5) is 68.7. The largest absolute Gasteiger partial charge is 0.496 e. The monoisotopic (exact) mass is 959 g/mol. The minimum atomic E-state index is -4.53. The van der Waals surface area contributed by atoms with E-state index in [4.69, 9.17) is 26.8 Å². The average Bonchev–Trinajstić information content (AvgIpc) is 3.32. The van der Waals surface area contributed by atoms with Crippen molar-refractivity contribution >= 4 is 45.8 Å². The van der Waals surface area contributed by atoms with Gasteiger partial charge in [0.25, 0.3) is 11.5 Å². The summed E-state index contributed by atoms with van der Waals surface area (Å²) in [6.07, 6.45) is 1.51. The third-order valence-corrected chi connectivity index (χ3v) is 13.9. The summed E-state index contributed by atoms with van der Waals surface area (Å²) in [5.41, 5.74) is 6.66. The summed E-state index contributed by atoms with van der Waals surface area (Å²) in [6.45, 7) is 9.56. The van der Waals surface area contributed by atoms with Crippen LogP contribution in [0.5, 0.6) is 5.75 Å². The summed E-state index contributed by atoms with van der Waals surface area (Å²) in [5.74, 6) is 2.15. The van der Waals surface area contributed by atoms with Crippen molar-refractivity contribution < 1.29 is 32.2 Å². The van der Waals surface area contributed by atoms with Crippen LogP contribution in [0.1, 0.15) is 90.3 Å². The molecule has 0 radical (unpaired) electrons. The molecule has 362 valence electrons. The molecule has 2 amide bonds. The zero-order valence-corrected chi connectivity index (χ0v) is 39.2. The summed E-state index contributed by atoms with van der Waals surface area (Å²) in [7, 11) is 1.63. The van der Waals surface area contributed by atoms with Gasteiger partial charge in [-0.25, -0.2) is 14.8 Å². The Balaban J connectivity index is 0.776. The van der Waals surface area contributed by atoms with Crippen molar-refractivity contribution in [1.29, 1.82) is 0 Å². The number of fused-ring (bicyclic) bond motifs is 1. The number of methoxy groups -OCH3 is 1. The molecule has 5 aromatic rings. The lowest BCUT2D eigenvalue weighted by atomic mass is 9.77. The number of aromatic nitrogens is 4. The van der Waals surface area contributed by atoms with Crippen LogP contribution < -0.4 is 27.0 Å². The van der Waals surface area contributed by atoms with Crippen molar-refractivity contribution in [2.45, 2.75) is 70.5 Å². The van der Waals surface area contributed by atoms with E-state index in [9.17, 15) is 32.3 Å². The minimum Gasteiger partial charge on any atom is -0.496 e. The van der Waals surface area contributed by atoms with Crippen LogP contribution in [0.15, 0.2) is 70.4 Å². The van der Waals surface area contributed by atoms with Gasteiger partial charge < -0.3 is 30.3 Å². The quantitative estimate of drug-likeness (QED) is 0.0803. The topological polar surface area (TPSA) is 181 Å². The number of aromatic amines is 1. The number of H-pyrrole nitrogens is 1. The number of likely N-dealkylation sites (tertiary alicyclic amines) is 1. The van der Waals surface area contributed by atoms with Crippen molar-refractivity contribution in [3.8, 4) is 11.4 Å². The summed E-state index contributed by atoms with van der Waals surface area (Å²) >= 11 is 6.35. The molecule has 15 nitrogen and oxygen atoms in total. The molecule has 1 saturated carbocycles. The van der Waals surface area contributed by atoms with Crippen molar-refractivity contribution in [3.63, 3.8) is 0 Å². The van der Waals surface area contributed by atoms with E-state index in [1.165, 1.54) is 22.9 Å². The van der Waals surface area contributed by atoms with Gasteiger partial charge in [-0.3, -0.25) is 28.8 Å². The molecular weight excluding hydrogens is 903 g/mol. The molecule has 1 aliphatic carbocycles. The highest BCUT2D eigenvalue weighted by molar-refractivity contribution is 6.32. The second-order valence-corrected chi connectivity index (χ2v) is 18.6. The fourth-order valence-electron chi connectivity index (χ4n) is 9.74. The van der Waals surface area contributed by atoms with Crippen LogP contribution in [-0.2, 0) is 15.7 Å². The molecular formula is C49H57ClF3N9O6. The van der Waals surface area contributed by atoms with E-state index in [2.05, 4.69) is 25.2 Å². The average molecular weight is 960 g/mol. The highest BCUT2D eigenvalue weighted by Crippen LogP contribution is 2.43. The Hall–Kier alpha value is -5.98. The first-order valence-electron chi connectivity index (χ1n) is 23.1. The number of alkyl halides is 3. The second-order valence-electron chi connectivity index (χ2n) is 18.2. The second kappa shape index (κ2) is 20.7. The fourth-order valence-corrected chi connectivity index (χ4v) is 9.95. The molecule has 3 aliphatic rings. The zero-order valence-electron chi connectivity index (χ0n) is 38.4. The van der Waals surface area contributed by atoms with Crippen LogP contribution in [-0.4, -0.2) is 112 Å². The van der Waals surface area contributed by atoms with E-state index >= 15 is 0 Å². The number of nitrogens with two attached hydrogens (primary N) is 1. The number of hydrogen-bond acceptors (Lipinski definition) is 11.